The topological polar surface area (TPSA) is 59.8 Å². The van der Waals surface area contributed by atoms with E-state index in [0.717, 1.165) is 12.2 Å². The average molecular weight is 244 g/mol. The number of aromatic nitrogens is 3. The minimum absolute atomic E-state index is 0.0461. The van der Waals surface area contributed by atoms with E-state index < -0.39 is 0 Å². The summed E-state index contributed by atoms with van der Waals surface area (Å²) in [7, 11) is 0. The van der Waals surface area contributed by atoms with Gasteiger partial charge in [0.15, 0.2) is 5.78 Å². The van der Waals surface area contributed by atoms with Crippen LogP contribution in [0.2, 0.25) is 0 Å². The lowest BCUT2D eigenvalue weighted by Gasteiger charge is -2.05. The van der Waals surface area contributed by atoms with Gasteiger partial charge in [0.25, 0.3) is 0 Å². The van der Waals surface area contributed by atoms with Crippen LogP contribution in [-0.4, -0.2) is 33.9 Å². The van der Waals surface area contributed by atoms with E-state index in [1.165, 1.54) is 6.20 Å². The molecule has 94 valence electrons. The maximum Gasteiger partial charge on any atom is 0.184 e. The van der Waals surface area contributed by atoms with Gasteiger partial charge in [-0.15, -0.1) is 5.10 Å². The van der Waals surface area contributed by atoms with Crippen LogP contribution < -0.4 is 5.32 Å². The molecule has 0 spiro atoms. The SMILES string of the molecule is CCNCCC(=O)c1cnnn1-c1ccccc1. The third-order valence-corrected chi connectivity index (χ3v) is 2.61. The van der Waals surface area contributed by atoms with E-state index in [0.29, 0.717) is 18.7 Å². The molecule has 2 aromatic rings. The molecule has 1 aromatic carbocycles. The van der Waals surface area contributed by atoms with Crippen LogP contribution in [0.3, 0.4) is 0 Å². The molecule has 0 unspecified atom stereocenters. The van der Waals surface area contributed by atoms with E-state index in [9.17, 15) is 4.79 Å². The molecule has 0 amide bonds. The zero-order valence-electron chi connectivity index (χ0n) is 10.3. The summed E-state index contributed by atoms with van der Waals surface area (Å²) in [4.78, 5) is 12.0. The van der Waals surface area contributed by atoms with Crippen molar-refractivity contribution in [3.05, 3.63) is 42.2 Å². The van der Waals surface area contributed by atoms with E-state index in [1.54, 1.807) is 4.68 Å². The number of carbonyl (C=O) groups excluding carboxylic acids is 1. The molecule has 0 saturated carbocycles. The molecular weight excluding hydrogens is 228 g/mol. The van der Waals surface area contributed by atoms with Gasteiger partial charge in [-0.1, -0.05) is 30.3 Å². The van der Waals surface area contributed by atoms with Crippen molar-refractivity contribution in [1.29, 1.82) is 0 Å². The third kappa shape index (κ3) is 2.81. The Kier molecular flexibility index (Phi) is 4.20. The standard InChI is InChI=1S/C13H16N4O/c1-2-14-9-8-13(18)12-10-15-16-17(12)11-6-4-3-5-7-11/h3-7,10,14H,2,8-9H2,1H3. The first kappa shape index (κ1) is 12.4. The number of carbonyl (C=O) groups is 1. The lowest BCUT2D eigenvalue weighted by atomic mass is 10.2. The Morgan fingerprint density at radius 2 is 2.11 bits per heavy atom. The van der Waals surface area contributed by atoms with E-state index in [-0.39, 0.29) is 5.78 Å². The molecule has 0 saturated heterocycles. The van der Waals surface area contributed by atoms with Crippen LogP contribution in [0, 0.1) is 0 Å². The van der Waals surface area contributed by atoms with Crippen molar-refractivity contribution in [2.45, 2.75) is 13.3 Å². The van der Waals surface area contributed by atoms with E-state index in [2.05, 4.69) is 15.6 Å². The van der Waals surface area contributed by atoms with Crippen molar-refractivity contribution >= 4 is 5.78 Å². The molecule has 0 atom stereocenters. The van der Waals surface area contributed by atoms with E-state index in [1.807, 2.05) is 37.3 Å². The highest BCUT2D eigenvalue weighted by Gasteiger charge is 2.13. The van der Waals surface area contributed by atoms with Gasteiger partial charge < -0.3 is 5.32 Å². The second-order valence-corrected chi connectivity index (χ2v) is 3.89. The van der Waals surface area contributed by atoms with Gasteiger partial charge in [0.05, 0.1) is 11.9 Å². The van der Waals surface area contributed by atoms with E-state index in [4.69, 9.17) is 0 Å². The predicted octanol–water partition coefficient (Wildman–Crippen LogP) is 1.45. The van der Waals surface area contributed by atoms with Crippen molar-refractivity contribution in [3.63, 3.8) is 0 Å². The number of rotatable bonds is 6. The summed E-state index contributed by atoms with van der Waals surface area (Å²) in [5, 5.41) is 10.9. The molecule has 0 fully saturated rings. The monoisotopic (exact) mass is 244 g/mol. The highest BCUT2D eigenvalue weighted by molar-refractivity contribution is 5.94. The zero-order chi connectivity index (χ0) is 12.8. The quantitative estimate of drug-likeness (QED) is 0.617. The molecule has 5 heteroatoms. The smallest absolute Gasteiger partial charge is 0.184 e. The largest absolute Gasteiger partial charge is 0.317 e. The van der Waals surface area contributed by atoms with Crippen molar-refractivity contribution in [1.82, 2.24) is 20.3 Å². The Morgan fingerprint density at radius 1 is 1.33 bits per heavy atom. The summed E-state index contributed by atoms with van der Waals surface area (Å²) < 4.78 is 1.58. The molecule has 0 aliphatic heterocycles. The number of benzene rings is 1. The number of hydrogen-bond donors (Lipinski definition) is 1. The van der Waals surface area contributed by atoms with Crippen molar-refractivity contribution in [3.8, 4) is 5.69 Å². The maximum absolute atomic E-state index is 12.0. The van der Waals surface area contributed by atoms with Gasteiger partial charge in [0, 0.05) is 13.0 Å². The Hall–Kier alpha value is -2.01. The first-order chi connectivity index (χ1) is 8.83. The Balaban J connectivity index is 2.15. The van der Waals surface area contributed by atoms with Gasteiger partial charge in [0.1, 0.15) is 5.69 Å². The number of Topliss-reactive ketones (excluding diaryl/α,β-unsaturated/α-hetero) is 1. The molecule has 1 heterocycles. The molecule has 2 rings (SSSR count). The first-order valence-electron chi connectivity index (χ1n) is 6.03. The minimum Gasteiger partial charge on any atom is -0.317 e. The zero-order valence-corrected chi connectivity index (χ0v) is 10.3. The molecule has 0 radical (unpaired) electrons. The summed E-state index contributed by atoms with van der Waals surface area (Å²) in [5.41, 5.74) is 1.38. The molecular formula is C13H16N4O. The molecule has 0 aliphatic rings. The summed E-state index contributed by atoms with van der Waals surface area (Å²) in [5.74, 6) is 0.0461. The van der Waals surface area contributed by atoms with Gasteiger partial charge in [-0.3, -0.25) is 4.79 Å². The highest BCUT2D eigenvalue weighted by Crippen LogP contribution is 2.10. The van der Waals surface area contributed by atoms with Crippen LogP contribution in [0.25, 0.3) is 5.69 Å². The molecule has 1 aromatic heterocycles. The van der Waals surface area contributed by atoms with Crippen LogP contribution in [0.15, 0.2) is 36.5 Å². The van der Waals surface area contributed by atoms with Crippen LogP contribution in [-0.2, 0) is 0 Å². The Bertz CT molecular complexity index is 507. The fourth-order valence-electron chi connectivity index (χ4n) is 1.69. The van der Waals surface area contributed by atoms with Gasteiger partial charge in [-0.2, -0.15) is 0 Å². The van der Waals surface area contributed by atoms with Gasteiger partial charge >= 0.3 is 0 Å². The molecule has 18 heavy (non-hydrogen) atoms. The fourth-order valence-corrected chi connectivity index (χ4v) is 1.69. The van der Waals surface area contributed by atoms with Gasteiger partial charge in [0.2, 0.25) is 0 Å². The number of hydrogen-bond acceptors (Lipinski definition) is 4. The third-order valence-electron chi connectivity index (χ3n) is 2.61. The second-order valence-electron chi connectivity index (χ2n) is 3.89. The number of ketones is 1. The van der Waals surface area contributed by atoms with Crippen LogP contribution in [0.1, 0.15) is 23.8 Å². The molecule has 0 bridgehead atoms. The summed E-state index contributed by atoms with van der Waals surface area (Å²) in [6.45, 7) is 3.55. The number of nitrogens with one attached hydrogen (secondary N) is 1. The molecule has 1 N–H and O–H groups in total. The van der Waals surface area contributed by atoms with Crippen LogP contribution in [0.5, 0.6) is 0 Å². The van der Waals surface area contributed by atoms with Gasteiger partial charge in [-0.05, 0) is 18.7 Å². The average Bonchev–Trinajstić information content (AvgIpc) is 2.89. The predicted molar refractivity (Wildman–Crippen MR) is 68.9 cm³/mol. The minimum atomic E-state index is 0.0461. The van der Waals surface area contributed by atoms with Crippen LogP contribution in [0.4, 0.5) is 0 Å². The summed E-state index contributed by atoms with van der Waals surface area (Å²) in [6, 6.07) is 9.53. The van der Waals surface area contributed by atoms with Crippen molar-refractivity contribution < 1.29 is 4.79 Å². The van der Waals surface area contributed by atoms with E-state index >= 15 is 0 Å². The normalized spacial score (nSPS) is 10.5. The Morgan fingerprint density at radius 3 is 2.83 bits per heavy atom. The first-order valence-corrected chi connectivity index (χ1v) is 6.03. The van der Waals surface area contributed by atoms with Crippen molar-refractivity contribution in [2.24, 2.45) is 0 Å². The summed E-state index contributed by atoms with van der Waals surface area (Å²) in [6.07, 6.45) is 1.97. The fraction of sp³-hybridized carbons (Fsp3) is 0.308. The highest BCUT2D eigenvalue weighted by atomic mass is 16.1. The number of para-hydroxylation sites is 1. The Labute approximate surface area is 106 Å². The van der Waals surface area contributed by atoms with Crippen molar-refractivity contribution in [2.75, 3.05) is 13.1 Å². The maximum atomic E-state index is 12.0. The second kappa shape index (κ2) is 6.07. The number of nitrogens with zero attached hydrogens (tertiary/aromatic N) is 3. The lowest BCUT2D eigenvalue weighted by Crippen LogP contribution is -2.19. The molecule has 0 aliphatic carbocycles. The lowest BCUT2D eigenvalue weighted by molar-refractivity contribution is 0.0975. The van der Waals surface area contributed by atoms with Gasteiger partial charge in [-0.25, -0.2) is 4.68 Å². The van der Waals surface area contributed by atoms with Crippen LogP contribution >= 0.6 is 0 Å². The summed E-state index contributed by atoms with van der Waals surface area (Å²) >= 11 is 0. The molecule has 5 nitrogen and oxygen atoms in total.